The lowest BCUT2D eigenvalue weighted by Crippen LogP contribution is -2.34. The van der Waals surface area contributed by atoms with E-state index < -0.39 is 0 Å². The fourth-order valence-corrected chi connectivity index (χ4v) is 4.53. The quantitative estimate of drug-likeness (QED) is 0.557. The van der Waals surface area contributed by atoms with Crippen molar-refractivity contribution in [1.29, 1.82) is 0 Å². The molecule has 1 aliphatic heterocycles. The Bertz CT molecular complexity index is 506. The molecule has 0 radical (unpaired) electrons. The summed E-state index contributed by atoms with van der Waals surface area (Å²) in [6.07, 6.45) is 3.00. The molecule has 1 aromatic heterocycles. The molecule has 1 aromatic rings. The number of ether oxygens (including phenoxy) is 1. The van der Waals surface area contributed by atoms with Crippen LogP contribution in [-0.2, 0) is 14.3 Å². The Balaban J connectivity index is 1.90. The Labute approximate surface area is 137 Å². The summed E-state index contributed by atoms with van der Waals surface area (Å²) in [6.45, 7) is 2.54. The van der Waals surface area contributed by atoms with Gasteiger partial charge in [-0.3, -0.25) is 9.59 Å². The summed E-state index contributed by atoms with van der Waals surface area (Å²) in [6, 6.07) is 3.72. The second kappa shape index (κ2) is 8.06. The first kappa shape index (κ1) is 16.6. The summed E-state index contributed by atoms with van der Waals surface area (Å²) in [5.74, 6) is 0.0261. The van der Waals surface area contributed by atoms with Crippen molar-refractivity contribution < 1.29 is 14.3 Å². The SMILES string of the molecule is CCCCCOC(=O)CN1C(=O)CSC1c1ccc(Cl)s1. The highest BCUT2D eigenvalue weighted by atomic mass is 35.5. The monoisotopic (exact) mass is 347 g/mol. The standard InChI is InChI=1S/C14H18ClNO3S2/c1-2-3-4-7-19-13(18)8-16-12(17)9-20-14(16)10-5-6-11(15)21-10/h5-6,14H,2-4,7-9H2,1H3. The van der Waals surface area contributed by atoms with Gasteiger partial charge in [-0.05, 0) is 18.6 Å². The molecule has 1 saturated heterocycles. The van der Waals surface area contributed by atoms with Gasteiger partial charge in [0, 0.05) is 4.88 Å². The molecule has 1 aliphatic rings. The maximum absolute atomic E-state index is 11.9. The van der Waals surface area contributed by atoms with Crippen molar-refractivity contribution in [3.63, 3.8) is 0 Å². The van der Waals surface area contributed by atoms with Crippen molar-refractivity contribution in [2.24, 2.45) is 0 Å². The summed E-state index contributed by atoms with van der Waals surface area (Å²) in [5.41, 5.74) is 0. The summed E-state index contributed by atoms with van der Waals surface area (Å²) >= 11 is 8.90. The molecule has 0 aliphatic carbocycles. The lowest BCUT2D eigenvalue weighted by atomic mass is 10.3. The fourth-order valence-electron chi connectivity index (χ4n) is 2.04. The van der Waals surface area contributed by atoms with Crippen LogP contribution >= 0.6 is 34.7 Å². The first-order valence-electron chi connectivity index (χ1n) is 6.93. The molecular formula is C14H18ClNO3S2. The highest BCUT2D eigenvalue weighted by Gasteiger charge is 2.35. The van der Waals surface area contributed by atoms with E-state index in [-0.39, 0.29) is 23.8 Å². The number of nitrogens with zero attached hydrogens (tertiary/aromatic N) is 1. The number of amides is 1. The molecule has 116 valence electrons. The maximum Gasteiger partial charge on any atom is 0.325 e. The van der Waals surface area contributed by atoms with Gasteiger partial charge in [0.2, 0.25) is 5.91 Å². The van der Waals surface area contributed by atoms with E-state index in [1.165, 1.54) is 23.1 Å². The van der Waals surface area contributed by atoms with E-state index in [1.807, 2.05) is 12.1 Å². The zero-order valence-corrected chi connectivity index (χ0v) is 14.2. The third kappa shape index (κ3) is 4.63. The van der Waals surface area contributed by atoms with Crippen LogP contribution in [0.25, 0.3) is 0 Å². The first-order valence-corrected chi connectivity index (χ1v) is 9.18. The number of carbonyl (C=O) groups is 2. The molecule has 2 rings (SSSR count). The van der Waals surface area contributed by atoms with E-state index in [1.54, 1.807) is 4.90 Å². The summed E-state index contributed by atoms with van der Waals surface area (Å²) in [5, 5.41) is -0.127. The van der Waals surface area contributed by atoms with Gasteiger partial charge in [-0.25, -0.2) is 0 Å². The molecule has 1 amide bonds. The molecular weight excluding hydrogens is 330 g/mol. The van der Waals surface area contributed by atoms with E-state index in [0.29, 0.717) is 16.7 Å². The predicted molar refractivity (Wildman–Crippen MR) is 86.7 cm³/mol. The minimum atomic E-state index is -0.338. The highest BCUT2D eigenvalue weighted by Crippen LogP contribution is 2.42. The molecule has 7 heteroatoms. The van der Waals surface area contributed by atoms with E-state index in [0.717, 1.165) is 24.1 Å². The number of hydrogen-bond donors (Lipinski definition) is 0. The van der Waals surface area contributed by atoms with Crippen LogP contribution < -0.4 is 0 Å². The second-order valence-corrected chi connectivity index (χ2v) is 7.57. The lowest BCUT2D eigenvalue weighted by Gasteiger charge is -2.21. The van der Waals surface area contributed by atoms with Gasteiger partial charge in [0.05, 0.1) is 16.7 Å². The van der Waals surface area contributed by atoms with E-state index in [2.05, 4.69) is 6.92 Å². The van der Waals surface area contributed by atoms with Crippen molar-refractivity contribution in [3.05, 3.63) is 21.3 Å². The smallest absolute Gasteiger partial charge is 0.325 e. The zero-order chi connectivity index (χ0) is 15.2. The van der Waals surface area contributed by atoms with E-state index in [9.17, 15) is 9.59 Å². The van der Waals surface area contributed by atoms with Crippen LogP contribution in [0, 0.1) is 0 Å². The number of hydrogen-bond acceptors (Lipinski definition) is 5. The zero-order valence-electron chi connectivity index (χ0n) is 11.8. The molecule has 0 spiro atoms. The number of halogens is 1. The van der Waals surface area contributed by atoms with E-state index >= 15 is 0 Å². The molecule has 1 unspecified atom stereocenters. The van der Waals surface area contributed by atoms with Crippen LogP contribution in [0.15, 0.2) is 12.1 Å². The van der Waals surface area contributed by atoms with Gasteiger partial charge in [-0.15, -0.1) is 23.1 Å². The number of carbonyl (C=O) groups excluding carboxylic acids is 2. The maximum atomic E-state index is 11.9. The topological polar surface area (TPSA) is 46.6 Å². The molecule has 1 fully saturated rings. The average Bonchev–Trinajstić information content (AvgIpc) is 3.02. The molecule has 0 bridgehead atoms. The predicted octanol–water partition coefficient (Wildman–Crippen LogP) is 3.71. The van der Waals surface area contributed by atoms with Gasteiger partial charge in [-0.1, -0.05) is 31.4 Å². The molecule has 0 N–H and O–H groups in total. The van der Waals surface area contributed by atoms with Crippen molar-refractivity contribution in [2.45, 2.75) is 31.6 Å². The molecule has 21 heavy (non-hydrogen) atoms. The van der Waals surface area contributed by atoms with Gasteiger partial charge in [0.15, 0.2) is 0 Å². The third-order valence-corrected chi connectivity index (χ3v) is 5.79. The van der Waals surface area contributed by atoms with Crippen molar-refractivity contribution in [3.8, 4) is 0 Å². The van der Waals surface area contributed by atoms with Gasteiger partial charge in [0.25, 0.3) is 0 Å². The number of thioether (sulfide) groups is 1. The summed E-state index contributed by atoms with van der Waals surface area (Å²) in [4.78, 5) is 26.4. The van der Waals surface area contributed by atoms with Gasteiger partial charge < -0.3 is 9.64 Å². The summed E-state index contributed by atoms with van der Waals surface area (Å²) in [7, 11) is 0. The molecule has 2 heterocycles. The van der Waals surface area contributed by atoms with Crippen LogP contribution in [0.1, 0.15) is 36.4 Å². The van der Waals surface area contributed by atoms with Crippen LogP contribution in [0.5, 0.6) is 0 Å². The highest BCUT2D eigenvalue weighted by molar-refractivity contribution is 8.00. The second-order valence-electron chi connectivity index (χ2n) is 4.75. The Morgan fingerprint density at radius 1 is 1.48 bits per heavy atom. The third-order valence-electron chi connectivity index (χ3n) is 3.12. The van der Waals surface area contributed by atoms with Gasteiger partial charge in [0.1, 0.15) is 11.9 Å². The van der Waals surface area contributed by atoms with E-state index in [4.69, 9.17) is 16.3 Å². The first-order chi connectivity index (χ1) is 10.1. The molecule has 0 saturated carbocycles. The molecule has 4 nitrogen and oxygen atoms in total. The van der Waals surface area contributed by atoms with Crippen LogP contribution in [-0.4, -0.2) is 35.7 Å². The number of unbranched alkanes of at least 4 members (excludes halogenated alkanes) is 2. The largest absolute Gasteiger partial charge is 0.464 e. The normalized spacial score (nSPS) is 18.3. The molecule has 0 aromatic carbocycles. The number of thiophene rings is 1. The Kier molecular flexibility index (Phi) is 6.39. The minimum absolute atomic E-state index is 0.0120. The van der Waals surface area contributed by atoms with Crippen molar-refractivity contribution in [2.75, 3.05) is 18.9 Å². The fraction of sp³-hybridized carbons (Fsp3) is 0.571. The number of esters is 1. The van der Waals surface area contributed by atoms with Crippen molar-refractivity contribution in [1.82, 2.24) is 4.90 Å². The molecule has 1 atom stereocenters. The minimum Gasteiger partial charge on any atom is -0.464 e. The van der Waals surface area contributed by atoms with Crippen LogP contribution in [0.2, 0.25) is 4.34 Å². The van der Waals surface area contributed by atoms with Gasteiger partial charge >= 0.3 is 5.97 Å². The average molecular weight is 348 g/mol. The number of rotatable bonds is 7. The lowest BCUT2D eigenvalue weighted by molar-refractivity contribution is -0.148. The Hall–Kier alpha value is -0.720. The Morgan fingerprint density at radius 3 is 2.95 bits per heavy atom. The van der Waals surface area contributed by atoms with Gasteiger partial charge in [-0.2, -0.15) is 0 Å². The van der Waals surface area contributed by atoms with Crippen molar-refractivity contribution >= 4 is 46.6 Å². The van der Waals surface area contributed by atoms with Crippen LogP contribution in [0.3, 0.4) is 0 Å². The van der Waals surface area contributed by atoms with Crippen LogP contribution in [0.4, 0.5) is 0 Å². The Morgan fingerprint density at radius 2 is 2.29 bits per heavy atom. The summed E-state index contributed by atoms with van der Waals surface area (Å²) < 4.78 is 5.87.